The first kappa shape index (κ1) is 17.2. The van der Waals surface area contributed by atoms with Gasteiger partial charge in [-0.15, -0.1) is 0 Å². The van der Waals surface area contributed by atoms with Crippen LogP contribution in [0.1, 0.15) is 42.5 Å². The van der Waals surface area contributed by atoms with Crippen LogP contribution in [0.2, 0.25) is 0 Å². The third-order valence-corrected chi connectivity index (χ3v) is 4.30. The van der Waals surface area contributed by atoms with Crippen LogP contribution in [0, 0.1) is 5.92 Å². The van der Waals surface area contributed by atoms with E-state index in [9.17, 15) is 9.59 Å². The molecule has 2 aromatic rings. The van der Waals surface area contributed by atoms with E-state index in [1.165, 1.54) is 0 Å². The van der Waals surface area contributed by atoms with E-state index in [4.69, 9.17) is 0 Å². The number of fused-ring (bicyclic) bond motifs is 1. The lowest BCUT2D eigenvalue weighted by atomic mass is 10.1. The number of aryl methyl sites for hydroxylation is 1. The Balaban J connectivity index is 1.60. The summed E-state index contributed by atoms with van der Waals surface area (Å²) in [6.07, 6.45) is 3.29. The highest BCUT2D eigenvalue weighted by atomic mass is 16.2. The van der Waals surface area contributed by atoms with Crippen molar-refractivity contribution >= 4 is 11.8 Å². The Morgan fingerprint density at radius 2 is 2.12 bits per heavy atom. The minimum Gasteiger partial charge on any atom is -0.346 e. The van der Waals surface area contributed by atoms with Crippen LogP contribution in [0.15, 0.2) is 18.5 Å². The Bertz CT molecular complexity index is 776. The summed E-state index contributed by atoms with van der Waals surface area (Å²) >= 11 is 0. The first-order chi connectivity index (χ1) is 12.0. The molecule has 0 fully saturated rings. The number of nitrogens with one attached hydrogen (secondary N) is 1. The Labute approximate surface area is 146 Å². The lowest BCUT2D eigenvalue weighted by molar-refractivity contribution is -0.136. The standard InChI is InChI=1S/C17H24N6O2/c1-4-22-10-13(8-19-22)16(24)18-9-14-7-15-11-21(17(25)12(2)3)5-6-23(15)20-14/h7-8,10,12H,4-6,9,11H2,1-3H3,(H,18,24). The predicted molar refractivity (Wildman–Crippen MR) is 91.6 cm³/mol. The first-order valence-corrected chi connectivity index (χ1v) is 8.63. The number of aromatic nitrogens is 4. The molecule has 0 radical (unpaired) electrons. The summed E-state index contributed by atoms with van der Waals surface area (Å²) < 4.78 is 3.63. The maximum absolute atomic E-state index is 12.2. The van der Waals surface area contributed by atoms with Gasteiger partial charge in [0.15, 0.2) is 0 Å². The quantitative estimate of drug-likeness (QED) is 0.878. The minimum absolute atomic E-state index is 0.00253. The Hall–Kier alpha value is -2.64. The number of amides is 2. The van der Waals surface area contributed by atoms with Gasteiger partial charge in [-0.25, -0.2) is 0 Å². The van der Waals surface area contributed by atoms with Crippen molar-refractivity contribution < 1.29 is 9.59 Å². The van der Waals surface area contributed by atoms with Gasteiger partial charge in [-0.1, -0.05) is 13.8 Å². The van der Waals surface area contributed by atoms with Crippen molar-refractivity contribution in [2.75, 3.05) is 6.54 Å². The second kappa shape index (κ2) is 7.08. The maximum Gasteiger partial charge on any atom is 0.254 e. The number of hydrogen-bond acceptors (Lipinski definition) is 4. The average Bonchev–Trinajstić information content (AvgIpc) is 3.24. The molecule has 0 bridgehead atoms. The number of carbonyl (C=O) groups excluding carboxylic acids is 2. The van der Waals surface area contributed by atoms with Crippen LogP contribution in [0.4, 0.5) is 0 Å². The summed E-state index contributed by atoms with van der Waals surface area (Å²) in [5.74, 6) is -0.00482. The molecule has 0 aliphatic carbocycles. The molecule has 3 heterocycles. The zero-order valence-electron chi connectivity index (χ0n) is 14.9. The van der Waals surface area contributed by atoms with Crippen molar-refractivity contribution in [3.63, 3.8) is 0 Å². The van der Waals surface area contributed by atoms with Crippen LogP contribution in [0.25, 0.3) is 0 Å². The van der Waals surface area contributed by atoms with E-state index in [0.29, 0.717) is 31.7 Å². The van der Waals surface area contributed by atoms with Crippen LogP contribution in [0.3, 0.4) is 0 Å². The number of carbonyl (C=O) groups is 2. The topological polar surface area (TPSA) is 85.0 Å². The molecule has 134 valence electrons. The van der Waals surface area contributed by atoms with E-state index in [1.54, 1.807) is 17.1 Å². The van der Waals surface area contributed by atoms with Gasteiger partial charge in [-0.3, -0.25) is 19.0 Å². The fourth-order valence-electron chi connectivity index (χ4n) is 2.89. The molecule has 3 rings (SSSR count). The van der Waals surface area contributed by atoms with Crippen LogP contribution in [-0.4, -0.2) is 42.8 Å². The summed E-state index contributed by atoms with van der Waals surface area (Å²) in [6.45, 7) is 8.81. The summed E-state index contributed by atoms with van der Waals surface area (Å²) in [4.78, 5) is 26.2. The van der Waals surface area contributed by atoms with Crippen molar-refractivity contribution in [2.24, 2.45) is 5.92 Å². The summed E-state index contributed by atoms with van der Waals surface area (Å²) in [7, 11) is 0. The van der Waals surface area contributed by atoms with Crippen molar-refractivity contribution in [1.82, 2.24) is 29.8 Å². The van der Waals surface area contributed by atoms with Crippen LogP contribution >= 0.6 is 0 Å². The van der Waals surface area contributed by atoms with Gasteiger partial charge >= 0.3 is 0 Å². The summed E-state index contributed by atoms with van der Waals surface area (Å²) in [5, 5.41) is 11.5. The van der Waals surface area contributed by atoms with Gasteiger partial charge in [-0.05, 0) is 13.0 Å². The van der Waals surface area contributed by atoms with Gasteiger partial charge in [0.05, 0.1) is 42.8 Å². The normalized spacial score (nSPS) is 13.8. The Morgan fingerprint density at radius 1 is 1.32 bits per heavy atom. The maximum atomic E-state index is 12.2. The molecular formula is C17H24N6O2. The van der Waals surface area contributed by atoms with Gasteiger partial charge in [0.25, 0.3) is 5.91 Å². The van der Waals surface area contributed by atoms with Gasteiger partial charge in [0, 0.05) is 25.2 Å². The molecule has 8 heteroatoms. The number of nitrogens with zero attached hydrogens (tertiary/aromatic N) is 5. The van der Waals surface area contributed by atoms with Gasteiger partial charge < -0.3 is 10.2 Å². The van der Waals surface area contributed by atoms with E-state index < -0.39 is 0 Å². The first-order valence-electron chi connectivity index (χ1n) is 8.63. The van der Waals surface area contributed by atoms with E-state index in [2.05, 4.69) is 15.5 Å². The fraction of sp³-hybridized carbons (Fsp3) is 0.529. The Kier molecular flexibility index (Phi) is 4.87. The molecule has 2 amide bonds. The molecule has 1 aliphatic heterocycles. The molecule has 8 nitrogen and oxygen atoms in total. The molecule has 25 heavy (non-hydrogen) atoms. The van der Waals surface area contributed by atoms with Crippen LogP contribution in [0.5, 0.6) is 0 Å². The van der Waals surface area contributed by atoms with E-state index >= 15 is 0 Å². The van der Waals surface area contributed by atoms with Gasteiger partial charge in [0.1, 0.15) is 0 Å². The second-order valence-corrected chi connectivity index (χ2v) is 6.53. The highest BCUT2D eigenvalue weighted by Gasteiger charge is 2.24. The van der Waals surface area contributed by atoms with Crippen molar-refractivity contribution in [3.05, 3.63) is 35.4 Å². The third kappa shape index (κ3) is 3.72. The molecule has 1 N–H and O–H groups in total. The molecule has 0 spiro atoms. The third-order valence-electron chi connectivity index (χ3n) is 4.30. The number of hydrogen-bond donors (Lipinski definition) is 1. The van der Waals surface area contributed by atoms with Crippen molar-refractivity contribution in [3.8, 4) is 0 Å². The lowest BCUT2D eigenvalue weighted by Crippen LogP contribution is -2.40. The lowest BCUT2D eigenvalue weighted by Gasteiger charge is -2.29. The van der Waals surface area contributed by atoms with Crippen LogP contribution < -0.4 is 5.32 Å². The molecule has 0 saturated heterocycles. The summed E-state index contributed by atoms with van der Waals surface area (Å²) in [6, 6.07) is 1.95. The Morgan fingerprint density at radius 3 is 2.80 bits per heavy atom. The van der Waals surface area contributed by atoms with E-state index in [0.717, 1.165) is 17.9 Å². The van der Waals surface area contributed by atoms with E-state index in [-0.39, 0.29) is 17.7 Å². The molecular weight excluding hydrogens is 320 g/mol. The fourth-order valence-corrected chi connectivity index (χ4v) is 2.89. The predicted octanol–water partition coefficient (Wildman–Crippen LogP) is 1.03. The van der Waals surface area contributed by atoms with Gasteiger partial charge in [-0.2, -0.15) is 10.2 Å². The highest BCUT2D eigenvalue weighted by Crippen LogP contribution is 2.16. The second-order valence-electron chi connectivity index (χ2n) is 6.53. The summed E-state index contributed by atoms with van der Waals surface area (Å²) in [5.41, 5.74) is 2.34. The van der Waals surface area contributed by atoms with E-state index in [1.807, 2.05) is 36.4 Å². The largest absolute Gasteiger partial charge is 0.346 e. The molecule has 2 aromatic heterocycles. The highest BCUT2D eigenvalue weighted by molar-refractivity contribution is 5.93. The molecule has 0 atom stereocenters. The zero-order chi connectivity index (χ0) is 18.0. The zero-order valence-corrected chi connectivity index (χ0v) is 14.9. The molecule has 0 aromatic carbocycles. The SMILES string of the molecule is CCn1cc(C(=O)NCc2cc3n(n2)CCN(C(=O)C(C)C)C3)cn1. The van der Waals surface area contributed by atoms with Gasteiger partial charge in [0.2, 0.25) is 5.91 Å². The average molecular weight is 344 g/mol. The van der Waals surface area contributed by atoms with Crippen molar-refractivity contribution in [1.29, 1.82) is 0 Å². The smallest absolute Gasteiger partial charge is 0.254 e. The van der Waals surface area contributed by atoms with Crippen LogP contribution in [-0.2, 0) is 31.0 Å². The van der Waals surface area contributed by atoms with Crippen molar-refractivity contribution in [2.45, 2.75) is 47.0 Å². The molecule has 0 saturated carbocycles. The monoisotopic (exact) mass is 344 g/mol. The molecule has 0 unspecified atom stereocenters. The minimum atomic E-state index is -0.165. The number of rotatable bonds is 5. The molecule has 1 aliphatic rings.